The number of aliphatic carboxylic acids is 1. The number of amides is 2. The van der Waals surface area contributed by atoms with Crippen LogP contribution >= 0.6 is 0 Å². The van der Waals surface area contributed by atoms with Gasteiger partial charge in [-0.1, -0.05) is 92.8 Å². The van der Waals surface area contributed by atoms with Gasteiger partial charge in [-0.15, -0.1) is 0 Å². The summed E-state index contributed by atoms with van der Waals surface area (Å²) in [7, 11) is 0. The molecule has 2 aromatic rings. The predicted molar refractivity (Wildman–Crippen MR) is 141 cm³/mol. The summed E-state index contributed by atoms with van der Waals surface area (Å²) in [4.78, 5) is 37.9. The van der Waals surface area contributed by atoms with Gasteiger partial charge >= 0.3 is 5.97 Å². The molecule has 1 fully saturated rings. The van der Waals surface area contributed by atoms with Crippen molar-refractivity contribution in [3.8, 4) is 0 Å². The van der Waals surface area contributed by atoms with Crippen molar-refractivity contribution in [2.75, 3.05) is 6.54 Å². The summed E-state index contributed by atoms with van der Waals surface area (Å²) >= 11 is 0. The Hall–Kier alpha value is -3.15. The summed E-state index contributed by atoms with van der Waals surface area (Å²) in [5.74, 6) is -1.75. The van der Waals surface area contributed by atoms with E-state index in [1.807, 2.05) is 60.7 Å². The van der Waals surface area contributed by atoms with Gasteiger partial charge in [0.25, 0.3) is 0 Å². The summed E-state index contributed by atoms with van der Waals surface area (Å²) in [5, 5.41) is 15.4. The molecule has 3 N–H and O–H groups in total. The molecule has 1 aliphatic carbocycles. The van der Waals surface area contributed by atoms with Crippen LogP contribution in [-0.4, -0.2) is 35.5 Å². The Morgan fingerprint density at radius 2 is 1.44 bits per heavy atom. The maximum absolute atomic E-state index is 13.2. The third-order valence-corrected chi connectivity index (χ3v) is 7.14. The summed E-state index contributed by atoms with van der Waals surface area (Å²) in [5.41, 5.74) is 2.31. The molecule has 0 saturated heterocycles. The zero-order chi connectivity index (χ0) is 25.6. The molecule has 0 unspecified atom stereocenters. The highest BCUT2D eigenvalue weighted by molar-refractivity contribution is 5.89. The minimum Gasteiger partial charge on any atom is -0.481 e. The first-order chi connectivity index (χ1) is 17.5. The van der Waals surface area contributed by atoms with Gasteiger partial charge in [0.15, 0.2) is 0 Å². The quantitative estimate of drug-likeness (QED) is 0.349. The van der Waals surface area contributed by atoms with E-state index < -0.39 is 17.9 Å². The first-order valence-electron chi connectivity index (χ1n) is 13.4. The average Bonchev–Trinajstić information content (AvgIpc) is 2.89. The summed E-state index contributed by atoms with van der Waals surface area (Å²) < 4.78 is 0. The molecule has 2 aromatic carbocycles. The van der Waals surface area contributed by atoms with E-state index >= 15 is 0 Å². The van der Waals surface area contributed by atoms with Gasteiger partial charge in [-0.2, -0.15) is 0 Å². The van der Waals surface area contributed by atoms with E-state index in [0.29, 0.717) is 31.7 Å². The van der Waals surface area contributed by atoms with Gasteiger partial charge < -0.3 is 15.7 Å². The van der Waals surface area contributed by atoms with Gasteiger partial charge in [0.05, 0.1) is 6.42 Å². The van der Waals surface area contributed by atoms with Crippen LogP contribution in [0.5, 0.6) is 0 Å². The molecule has 0 aliphatic heterocycles. The molecule has 2 atom stereocenters. The SMILES string of the molecule is O=C(O)C[C@@H](CCCc1ccccc1)C(=O)N[C@@H](CC1CCCCC1)C(=O)NCCc1ccccc1. The normalized spacial score (nSPS) is 15.6. The van der Waals surface area contributed by atoms with Gasteiger partial charge in [0.1, 0.15) is 6.04 Å². The Morgan fingerprint density at radius 1 is 0.833 bits per heavy atom. The van der Waals surface area contributed by atoms with E-state index in [0.717, 1.165) is 44.1 Å². The molecule has 36 heavy (non-hydrogen) atoms. The molecule has 1 aliphatic rings. The zero-order valence-electron chi connectivity index (χ0n) is 21.2. The van der Waals surface area contributed by atoms with Crippen LogP contribution in [0.4, 0.5) is 0 Å². The molecule has 2 amide bonds. The van der Waals surface area contributed by atoms with E-state index in [4.69, 9.17) is 0 Å². The van der Waals surface area contributed by atoms with Crippen LogP contribution in [0.15, 0.2) is 60.7 Å². The van der Waals surface area contributed by atoms with Gasteiger partial charge in [0, 0.05) is 12.5 Å². The molecule has 194 valence electrons. The molecule has 6 heteroatoms. The van der Waals surface area contributed by atoms with Crippen molar-refractivity contribution < 1.29 is 19.5 Å². The molecular formula is C30H40N2O4. The van der Waals surface area contributed by atoms with E-state index in [1.165, 1.54) is 12.0 Å². The van der Waals surface area contributed by atoms with Crippen molar-refractivity contribution in [3.05, 3.63) is 71.8 Å². The van der Waals surface area contributed by atoms with Crippen LogP contribution in [0.25, 0.3) is 0 Å². The fourth-order valence-corrected chi connectivity index (χ4v) is 5.11. The third-order valence-electron chi connectivity index (χ3n) is 7.14. The molecule has 0 aromatic heterocycles. The van der Waals surface area contributed by atoms with Crippen LogP contribution in [-0.2, 0) is 27.2 Å². The number of carbonyl (C=O) groups excluding carboxylic acids is 2. The number of benzene rings is 2. The Morgan fingerprint density at radius 3 is 2.06 bits per heavy atom. The summed E-state index contributed by atoms with van der Waals surface area (Å²) in [6.45, 7) is 0.496. The maximum atomic E-state index is 13.2. The van der Waals surface area contributed by atoms with Crippen LogP contribution in [0, 0.1) is 11.8 Å². The molecule has 1 saturated carbocycles. The standard InChI is InChI=1S/C30H40N2O4/c33-28(34)22-26(18-10-17-23-11-4-1-5-12-23)29(35)32-27(21-25-15-8-3-9-16-25)30(36)31-20-19-24-13-6-2-7-14-24/h1-2,4-7,11-14,25-27H,3,8-10,15-22H2,(H,31,36)(H,32,35)(H,33,34)/t26-,27+/m1/s1. The van der Waals surface area contributed by atoms with Crippen molar-refractivity contribution >= 4 is 17.8 Å². The molecule has 6 nitrogen and oxygen atoms in total. The third kappa shape index (κ3) is 9.84. The van der Waals surface area contributed by atoms with E-state index in [1.54, 1.807) is 0 Å². The van der Waals surface area contributed by atoms with Crippen molar-refractivity contribution in [2.24, 2.45) is 11.8 Å². The lowest BCUT2D eigenvalue weighted by molar-refractivity contribution is -0.141. The van der Waals surface area contributed by atoms with E-state index in [2.05, 4.69) is 10.6 Å². The smallest absolute Gasteiger partial charge is 0.304 e. The number of carbonyl (C=O) groups is 3. The second-order valence-corrected chi connectivity index (χ2v) is 10.0. The fraction of sp³-hybridized carbons (Fsp3) is 0.500. The zero-order valence-corrected chi connectivity index (χ0v) is 21.2. The highest BCUT2D eigenvalue weighted by atomic mass is 16.4. The van der Waals surface area contributed by atoms with Crippen LogP contribution < -0.4 is 10.6 Å². The minimum atomic E-state index is -0.994. The largest absolute Gasteiger partial charge is 0.481 e. The van der Waals surface area contributed by atoms with Crippen molar-refractivity contribution in [3.63, 3.8) is 0 Å². The first kappa shape index (κ1) is 27.4. The number of carboxylic acids is 1. The summed E-state index contributed by atoms with van der Waals surface area (Å²) in [6.07, 6.45) is 8.74. The van der Waals surface area contributed by atoms with E-state index in [-0.39, 0.29) is 18.2 Å². The Bertz CT molecular complexity index is 942. The maximum Gasteiger partial charge on any atom is 0.304 e. The lowest BCUT2D eigenvalue weighted by atomic mass is 9.84. The number of carboxylic acid groups (broad SMARTS) is 1. The number of hydrogen-bond donors (Lipinski definition) is 3. The Labute approximate surface area is 214 Å². The lowest BCUT2D eigenvalue weighted by Crippen LogP contribution is -2.50. The second-order valence-electron chi connectivity index (χ2n) is 10.0. The monoisotopic (exact) mass is 492 g/mol. The molecule has 0 heterocycles. The van der Waals surface area contributed by atoms with E-state index in [9.17, 15) is 19.5 Å². The molecule has 3 rings (SSSR count). The second kappa shape index (κ2) is 15.1. The first-order valence-corrected chi connectivity index (χ1v) is 13.4. The topological polar surface area (TPSA) is 95.5 Å². The number of aryl methyl sites for hydroxylation is 1. The van der Waals surface area contributed by atoms with Crippen molar-refractivity contribution in [2.45, 2.75) is 76.7 Å². The van der Waals surface area contributed by atoms with Crippen molar-refractivity contribution in [1.29, 1.82) is 0 Å². The minimum absolute atomic E-state index is 0.178. The van der Waals surface area contributed by atoms with Gasteiger partial charge in [-0.05, 0) is 49.1 Å². The fourth-order valence-electron chi connectivity index (χ4n) is 5.11. The lowest BCUT2D eigenvalue weighted by Gasteiger charge is -2.28. The highest BCUT2D eigenvalue weighted by Crippen LogP contribution is 2.27. The number of hydrogen-bond acceptors (Lipinski definition) is 3. The van der Waals surface area contributed by atoms with Gasteiger partial charge in [-0.3, -0.25) is 14.4 Å². The van der Waals surface area contributed by atoms with Crippen LogP contribution in [0.1, 0.15) is 68.9 Å². The Balaban J connectivity index is 1.59. The van der Waals surface area contributed by atoms with Crippen molar-refractivity contribution in [1.82, 2.24) is 10.6 Å². The van der Waals surface area contributed by atoms with Gasteiger partial charge in [0.2, 0.25) is 11.8 Å². The highest BCUT2D eigenvalue weighted by Gasteiger charge is 2.29. The van der Waals surface area contributed by atoms with Gasteiger partial charge in [-0.25, -0.2) is 0 Å². The van der Waals surface area contributed by atoms with Crippen LogP contribution in [0.2, 0.25) is 0 Å². The molecular weight excluding hydrogens is 452 g/mol. The molecule has 0 bridgehead atoms. The Kier molecular flexibility index (Phi) is 11.5. The van der Waals surface area contributed by atoms with Crippen LogP contribution in [0.3, 0.4) is 0 Å². The molecule has 0 radical (unpaired) electrons. The predicted octanol–water partition coefficient (Wildman–Crippen LogP) is 4.91. The average molecular weight is 493 g/mol. The molecule has 0 spiro atoms. The number of rotatable bonds is 14. The summed E-state index contributed by atoms with van der Waals surface area (Å²) in [6, 6.07) is 19.3. The number of nitrogens with one attached hydrogen (secondary N) is 2.